The maximum absolute atomic E-state index is 12.5. The van der Waals surface area contributed by atoms with Crippen molar-refractivity contribution < 1.29 is 18.0 Å². The zero-order valence-electron chi connectivity index (χ0n) is 14.0. The molecule has 27 heavy (non-hydrogen) atoms. The summed E-state index contributed by atoms with van der Waals surface area (Å²) in [6.07, 6.45) is 1.42. The molecule has 2 N–H and O–H groups in total. The molecule has 0 aliphatic carbocycles. The lowest BCUT2D eigenvalue weighted by molar-refractivity contribution is -0.124. The molecule has 0 radical (unpaired) electrons. The van der Waals surface area contributed by atoms with E-state index < -0.39 is 21.7 Å². The first-order chi connectivity index (χ1) is 12.6. The first-order valence-electron chi connectivity index (χ1n) is 7.44. The van der Waals surface area contributed by atoms with E-state index in [1.807, 2.05) is 0 Å². The smallest absolute Gasteiger partial charge is 0.294 e. The Morgan fingerprint density at radius 3 is 2.52 bits per heavy atom. The van der Waals surface area contributed by atoms with Gasteiger partial charge in [0, 0.05) is 36.6 Å². The standard InChI is InChI=1S/C16H13Cl2N3O4S2/c1-21(2)15(23)14(22)10-6-19-12-5-8(3-4-9(10)12)20-27(24,25)16-13(18)11(17)7-26-16/h3-7,19-20H,1-2H3. The molecule has 0 fully saturated rings. The van der Waals surface area contributed by atoms with Crippen molar-refractivity contribution in [3.8, 4) is 0 Å². The van der Waals surface area contributed by atoms with E-state index >= 15 is 0 Å². The quantitative estimate of drug-likeness (QED) is 0.462. The number of carbonyl (C=O) groups excluding carboxylic acids is 2. The lowest BCUT2D eigenvalue weighted by Crippen LogP contribution is -2.29. The summed E-state index contributed by atoms with van der Waals surface area (Å²) in [5.74, 6) is -1.30. The van der Waals surface area contributed by atoms with Gasteiger partial charge in [-0.05, 0) is 12.1 Å². The molecule has 2 aromatic heterocycles. The van der Waals surface area contributed by atoms with Crippen LogP contribution < -0.4 is 4.72 Å². The summed E-state index contributed by atoms with van der Waals surface area (Å²) in [5, 5.41) is 2.07. The van der Waals surface area contributed by atoms with Crippen LogP contribution >= 0.6 is 34.5 Å². The molecule has 11 heteroatoms. The van der Waals surface area contributed by atoms with Gasteiger partial charge in [-0.15, -0.1) is 11.3 Å². The number of thiophene rings is 1. The number of H-pyrrole nitrogens is 1. The molecule has 0 aliphatic rings. The Kier molecular flexibility index (Phi) is 5.22. The van der Waals surface area contributed by atoms with Crippen molar-refractivity contribution >= 4 is 72.8 Å². The van der Waals surface area contributed by atoms with Gasteiger partial charge in [0.1, 0.15) is 0 Å². The van der Waals surface area contributed by atoms with Crippen molar-refractivity contribution in [2.24, 2.45) is 0 Å². The van der Waals surface area contributed by atoms with E-state index in [0.29, 0.717) is 10.9 Å². The van der Waals surface area contributed by atoms with Crippen LogP contribution in [0.15, 0.2) is 34.0 Å². The van der Waals surface area contributed by atoms with Crippen molar-refractivity contribution in [1.29, 1.82) is 0 Å². The van der Waals surface area contributed by atoms with Gasteiger partial charge in [0.15, 0.2) is 4.21 Å². The Morgan fingerprint density at radius 1 is 1.22 bits per heavy atom. The molecule has 1 amide bonds. The van der Waals surface area contributed by atoms with Crippen molar-refractivity contribution in [2.75, 3.05) is 18.8 Å². The van der Waals surface area contributed by atoms with Gasteiger partial charge in [-0.2, -0.15) is 0 Å². The van der Waals surface area contributed by atoms with Crippen LogP contribution in [0.4, 0.5) is 5.69 Å². The van der Waals surface area contributed by atoms with Gasteiger partial charge in [-0.1, -0.05) is 29.3 Å². The number of halogens is 2. The fourth-order valence-electron chi connectivity index (χ4n) is 2.38. The molecule has 0 bridgehead atoms. The van der Waals surface area contributed by atoms with Crippen LogP contribution in [0.1, 0.15) is 10.4 Å². The molecule has 142 valence electrons. The van der Waals surface area contributed by atoms with Crippen LogP contribution in [0, 0.1) is 0 Å². The highest BCUT2D eigenvalue weighted by Crippen LogP contribution is 2.36. The topological polar surface area (TPSA) is 99.3 Å². The van der Waals surface area contributed by atoms with E-state index in [1.165, 1.54) is 42.7 Å². The molecule has 7 nitrogen and oxygen atoms in total. The molecule has 0 unspecified atom stereocenters. The van der Waals surface area contributed by atoms with Gasteiger partial charge < -0.3 is 9.88 Å². The minimum Gasteiger partial charge on any atom is -0.360 e. The number of nitrogens with zero attached hydrogens (tertiary/aromatic N) is 1. The largest absolute Gasteiger partial charge is 0.360 e. The fraction of sp³-hybridized carbons (Fsp3) is 0.125. The Morgan fingerprint density at radius 2 is 1.93 bits per heavy atom. The summed E-state index contributed by atoms with van der Waals surface area (Å²) >= 11 is 12.7. The van der Waals surface area contributed by atoms with E-state index in [9.17, 15) is 18.0 Å². The third-order valence-corrected chi connectivity index (χ3v) is 7.74. The third kappa shape index (κ3) is 3.68. The summed E-state index contributed by atoms with van der Waals surface area (Å²) in [6.45, 7) is 0. The summed E-state index contributed by atoms with van der Waals surface area (Å²) < 4.78 is 27.3. The minimum absolute atomic E-state index is 0.0369. The van der Waals surface area contributed by atoms with Crippen molar-refractivity contribution in [3.63, 3.8) is 0 Å². The zero-order valence-corrected chi connectivity index (χ0v) is 17.2. The number of rotatable bonds is 5. The Hall–Kier alpha value is -2.07. The number of hydrogen-bond acceptors (Lipinski definition) is 5. The second kappa shape index (κ2) is 7.16. The number of anilines is 1. The first-order valence-corrected chi connectivity index (χ1v) is 10.6. The second-order valence-corrected chi connectivity index (χ2v) is 9.32. The molecule has 3 rings (SSSR count). The monoisotopic (exact) mass is 445 g/mol. The Balaban J connectivity index is 1.93. The van der Waals surface area contributed by atoms with Gasteiger partial charge in [0.25, 0.3) is 21.7 Å². The summed E-state index contributed by atoms with van der Waals surface area (Å²) in [6, 6.07) is 4.57. The van der Waals surface area contributed by atoms with E-state index in [4.69, 9.17) is 23.2 Å². The van der Waals surface area contributed by atoms with E-state index in [2.05, 4.69) is 9.71 Å². The van der Waals surface area contributed by atoms with E-state index in [0.717, 1.165) is 11.3 Å². The molecule has 3 aromatic rings. The van der Waals surface area contributed by atoms with E-state index in [1.54, 1.807) is 6.07 Å². The molecule has 1 aromatic carbocycles. The number of aromatic amines is 1. The number of aromatic nitrogens is 1. The summed E-state index contributed by atoms with van der Waals surface area (Å²) in [7, 11) is -0.935. The number of likely N-dealkylation sites (N-methyl/N-ethyl adjacent to an activating group) is 1. The Labute approximate surface area is 168 Å². The highest BCUT2D eigenvalue weighted by atomic mass is 35.5. The molecule has 0 saturated carbocycles. The highest BCUT2D eigenvalue weighted by Gasteiger charge is 2.24. The number of amides is 1. The predicted molar refractivity (Wildman–Crippen MR) is 106 cm³/mol. The van der Waals surface area contributed by atoms with Crippen molar-refractivity contribution in [2.45, 2.75) is 4.21 Å². The number of carbonyl (C=O) groups is 2. The van der Waals surface area contributed by atoms with Gasteiger partial charge >= 0.3 is 0 Å². The SMILES string of the molecule is CN(C)C(=O)C(=O)c1c[nH]c2cc(NS(=O)(=O)c3scc(Cl)c3Cl)ccc12. The molecular formula is C16H13Cl2N3O4S2. The first kappa shape index (κ1) is 19.7. The summed E-state index contributed by atoms with van der Waals surface area (Å²) in [5.41, 5.74) is 0.981. The fourth-order valence-corrected chi connectivity index (χ4v) is 5.48. The lowest BCUT2D eigenvalue weighted by atomic mass is 10.1. The number of sulfonamides is 1. The van der Waals surface area contributed by atoms with Crippen LogP contribution in [0.3, 0.4) is 0 Å². The molecule has 0 aliphatic heterocycles. The van der Waals surface area contributed by atoms with Crippen LogP contribution in [0.2, 0.25) is 10.0 Å². The molecular weight excluding hydrogens is 433 g/mol. The molecule has 2 heterocycles. The number of Topliss-reactive ketones (excluding diaryl/α,β-unsaturated/α-hetero) is 1. The van der Waals surface area contributed by atoms with Crippen LogP contribution in [-0.4, -0.2) is 44.1 Å². The number of ketones is 1. The molecule has 0 saturated heterocycles. The number of fused-ring (bicyclic) bond motifs is 1. The van der Waals surface area contributed by atoms with Gasteiger partial charge in [-0.25, -0.2) is 8.42 Å². The average molecular weight is 446 g/mol. The normalized spacial score (nSPS) is 11.6. The van der Waals surface area contributed by atoms with Crippen LogP contribution in [-0.2, 0) is 14.8 Å². The number of hydrogen-bond donors (Lipinski definition) is 2. The zero-order chi connectivity index (χ0) is 19.9. The van der Waals surface area contributed by atoms with Crippen molar-refractivity contribution in [3.05, 3.63) is 45.4 Å². The number of nitrogens with one attached hydrogen (secondary N) is 2. The Bertz CT molecular complexity index is 1170. The maximum Gasteiger partial charge on any atom is 0.294 e. The summed E-state index contributed by atoms with van der Waals surface area (Å²) in [4.78, 5) is 28.2. The lowest BCUT2D eigenvalue weighted by Gasteiger charge is -2.09. The highest BCUT2D eigenvalue weighted by molar-refractivity contribution is 7.94. The second-order valence-electron chi connectivity index (χ2n) is 5.78. The third-order valence-electron chi connectivity index (χ3n) is 3.68. The van der Waals surface area contributed by atoms with Gasteiger partial charge in [0.05, 0.1) is 21.3 Å². The minimum atomic E-state index is -3.92. The van der Waals surface area contributed by atoms with E-state index in [-0.39, 0.29) is 25.5 Å². The van der Waals surface area contributed by atoms with Gasteiger partial charge in [-0.3, -0.25) is 14.3 Å². The molecule has 0 atom stereocenters. The average Bonchev–Trinajstić information content (AvgIpc) is 3.17. The van der Waals surface area contributed by atoms with Crippen molar-refractivity contribution in [1.82, 2.24) is 9.88 Å². The van der Waals surface area contributed by atoms with Crippen LogP contribution in [0.5, 0.6) is 0 Å². The van der Waals surface area contributed by atoms with Gasteiger partial charge in [0.2, 0.25) is 0 Å². The predicted octanol–water partition coefficient (Wildman–Crippen LogP) is 3.61. The maximum atomic E-state index is 12.5. The number of benzene rings is 1. The molecule has 0 spiro atoms. The van der Waals surface area contributed by atoms with Crippen LogP contribution in [0.25, 0.3) is 10.9 Å².